The average molecular weight is 384 g/mol. The molecule has 0 amide bonds. The highest BCUT2D eigenvalue weighted by molar-refractivity contribution is 7.18. The van der Waals surface area contributed by atoms with Crippen molar-refractivity contribution in [2.45, 2.75) is 45.2 Å². The number of carboxylic acid groups (broad SMARTS) is 1. The molecule has 1 N–H and O–H groups in total. The van der Waals surface area contributed by atoms with Crippen LogP contribution in [0.3, 0.4) is 0 Å². The van der Waals surface area contributed by atoms with E-state index in [1.165, 1.54) is 11.3 Å². The van der Waals surface area contributed by atoms with Crippen LogP contribution in [0.25, 0.3) is 10.2 Å². The first kappa shape index (κ1) is 17.7. The zero-order valence-corrected chi connectivity index (χ0v) is 15.6. The molecule has 0 unspecified atom stereocenters. The summed E-state index contributed by atoms with van der Waals surface area (Å²) in [5, 5.41) is 9.72. The Labute approximate surface area is 159 Å². The normalized spacial score (nSPS) is 13.6. The van der Waals surface area contributed by atoms with Gasteiger partial charge in [-0.3, -0.25) is 14.2 Å². The minimum absolute atomic E-state index is 0.415. The molecule has 0 fully saturated rings. The Morgan fingerprint density at radius 1 is 1.07 bits per heavy atom. The Bertz CT molecular complexity index is 1120. The lowest BCUT2D eigenvalue weighted by Gasteiger charge is -2.12. The molecule has 2 heterocycles. The van der Waals surface area contributed by atoms with Crippen molar-refractivity contribution in [2.24, 2.45) is 0 Å². The summed E-state index contributed by atoms with van der Waals surface area (Å²) in [7, 11) is 0. The maximum absolute atomic E-state index is 12.9. The largest absolute Gasteiger partial charge is 0.480 e. The van der Waals surface area contributed by atoms with Crippen molar-refractivity contribution in [1.82, 2.24) is 9.13 Å². The van der Waals surface area contributed by atoms with Crippen LogP contribution in [0.2, 0.25) is 0 Å². The van der Waals surface area contributed by atoms with E-state index < -0.39 is 23.8 Å². The molecule has 2 aromatic heterocycles. The van der Waals surface area contributed by atoms with Crippen LogP contribution < -0.4 is 11.2 Å². The van der Waals surface area contributed by atoms with Crippen molar-refractivity contribution in [2.75, 3.05) is 0 Å². The Morgan fingerprint density at radius 2 is 1.81 bits per heavy atom. The van der Waals surface area contributed by atoms with Gasteiger partial charge in [-0.1, -0.05) is 30.3 Å². The predicted octanol–water partition coefficient (Wildman–Crippen LogP) is 2.43. The summed E-state index contributed by atoms with van der Waals surface area (Å²) in [4.78, 5) is 39.0. The number of carbonyl (C=O) groups is 1. The highest BCUT2D eigenvalue weighted by Crippen LogP contribution is 2.34. The van der Waals surface area contributed by atoms with Gasteiger partial charge in [0.2, 0.25) is 0 Å². The highest BCUT2D eigenvalue weighted by atomic mass is 32.1. The van der Waals surface area contributed by atoms with Gasteiger partial charge >= 0.3 is 11.7 Å². The number of fused-ring (bicyclic) bond motifs is 3. The lowest BCUT2D eigenvalue weighted by molar-refractivity contribution is -0.137. The molecule has 1 aromatic carbocycles. The van der Waals surface area contributed by atoms with E-state index in [1.54, 1.807) is 4.57 Å². The first-order chi connectivity index (χ1) is 13.1. The van der Waals surface area contributed by atoms with Gasteiger partial charge in [-0.25, -0.2) is 9.36 Å². The van der Waals surface area contributed by atoms with Crippen molar-refractivity contribution < 1.29 is 9.90 Å². The maximum Gasteiger partial charge on any atom is 0.332 e. The molecule has 0 saturated carbocycles. The first-order valence-electron chi connectivity index (χ1n) is 9.10. The molecule has 3 aromatic rings. The van der Waals surface area contributed by atoms with Gasteiger partial charge in [0.05, 0.1) is 5.39 Å². The van der Waals surface area contributed by atoms with Crippen LogP contribution in [0.5, 0.6) is 0 Å². The summed E-state index contributed by atoms with van der Waals surface area (Å²) < 4.78 is 2.47. The smallest absolute Gasteiger partial charge is 0.332 e. The summed E-state index contributed by atoms with van der Waals surface area (Å²) >= 11 is 1.52. The van der Waals surface area contributed by atoms with Crippen molar-refractivity contribution in [3.8, 4) is 0 Å². The quantitative estimate of drug-likeness (QED) is 0.733. The van der Waals surface area contributed by atoms with Crippen LogP contribution in [-0.2, 0) is 37.1 Å². The molecule has 4 rings (SSSR count). The summed E-state index contributed by atoms with van der Waals surface area (Å²) in [6.07, 6.45) is 4.47. The second-order valence-electron chi connectivity index (χ2n) is 6.85. The van der Waals surface area contributed by atoms with Crippen LogP contribution in [0.4, 0.5) is 0 Å². The van der Waals surface area contributed by atoms with Gasteiger partial charge in [0, 0.05) is 11.4 Å². The van der Waals surface area contributed by atoms with Crippen molar-refractivity contribution >= 4 is 27.5 Å². The topological polar surface area (TPSA) is 81.3 Å². The van der Waals surface area contributed by atoms with Crippen LogP contribution in [0.15, 0.2) is 39.9 Å². The highest BCUT2D eigenvalue weighted by Gasteiger charge is 2.24. The van der Waals surface area contributed by atoms with E-state index in [-0.39, 0.29) is 0 Å². The number of thiophene rings is 1. The maximum atomic E-state index is 12.9. The van der Waals surface area contributed by atoms with Gasteiger partial charge in [0.15, 0.2) is 0 Å². The van der Waals surface area contributed by atoms with Gasteiger partial charge in [-0.2, -0.15) is 0 Å². The second-order valence-corrected chi connectivity index (χ2v) is 7.93. The molecule has 27 heavy (non-hydrogen) atoms. The van der Waals surface area contributed by atoms with E-state index in [9.17, 15) is 19.5 Å². The fraction of sp³-hybridized carbons (Fsp3) is 0.350. The van der Waals surface area contributed by atoms with Gasteiger partial charge in [0.1, 0.15) is 11.4 Å². The number of hydrogen-bond donors (Lipinski definition) is 1. The van der Waals surface area contributed by atoms with E-state index in [0.29, 0.717) is 23.2 Å². The molecule has 0 radical (unpaired) electrons. The van der Waals surface area contributed by atoms with E-state index in [1.807, 2.05) is 30.3 Å². The van der Waals surface area contributed by atoms with Gasteiger partial charge < -0.3 is 5.11 Å². The summed E-state index contributed by atoms with van der Waals surface area (Å²) in [5.74, 6) is -1.19. The van der Waals surface area contributed by atoms with Crippen molar-refractivity contribution in [3.05, 3.63) is 67.2 Å². The van der Waals surface area contributed by atoms with Gasteiger partial charge in [0.25, 0.3) is 5.56 Å². The Kier molecular flexibility index (Phi) is 4.70. The fourth-order valence-electron chi connectivity index (χ4n) is 3.77. The SMILES string of the molecule is O=C(O)Cn1c(=O)c2c3c(sc2n(CCc2ccccc2)c1=O)CCCC3. The molecule has 0 spiro atoms. The molecule has 0 saturated heterocycles. The molecule has 0 atom stereocenters. The number of carboxylic acids is 1. The van der Waals surface area contributed by atoms with Crippen LogP contribution in [0, 0.1) is 0 Å². The fourth-order valence-corrected chi connectivity index (χ4v) is 5.17. The van der Waals surface area contributed by atoms with E-state index in [4.69, 9.17) is 0 Å². The molecule has 0 bridgehead atoms. The molecule has 140 valence electrons. The summed E-state index contributed by atoms with van der Waals surface area (Å²) in [5.41, 5.74) is 1.10. The van der Waals surface area contributed by atoms with E-state index in [0.717, 1.165) is 46.3 Å². The number of rotatable bonds is 5. The van der Waals surface area contributed by atoms with Gasteiger partial charge in [-0.15, -0.1) is 11.3 Å². The van der Waals surface area contributed by atoms with Crippen LogP contribution in [0.1, 0.15) is 28.8 Å². The van der Waals surface area contributed by atoms with Crippen LogP contribution >= 0.6 is 11.3 Å². The Balaban J connectivity index is 1.90. The molecule has 0 aliphatic heterocycles. The molecule has 1 aliphatic rings. The molecular formula is C20H20N2O4S. The number of benzene rings is 1. The monoisotopic (exact) mass is 384 g/mol. The minimum atomic E-state index is -1.19. The van der Waals surface area contributed by atoms with E-state index in [2.05, 4.69) is 0 Å². The molecular weight excluding hydrogens is 364 g/mol. The number of aryl methyl sites for hydroxylation is 4. The predicted molar refractivity (Wildman–Crippen MR) is 105 cm³/mol. The minimum Gasteiger partial charge on any atom is -0.480 e. The standard InChI is InChI=1S/C20H20N2O4S/c23-16(24)12-22-18(25)17-14-8-4-5-9-15(14)27-19(17)21(20(22)26)11-10-13-6-2-1-3-7-13/h1-3,6-7H,4-5,8-12H2,(H,23,24). The van der Waals surface area contributed by atoms with Crippen LogP contribution in [-0.4, -0.2) is 20.2 Å². The van der Waals surface area contributed by atoms with Crippen molar-refractivity contribution in [1.29, 1.82) is 0 Å². The van der Waals surface area contributed by atoms with E-state index >= 15 is 0 Å². The van der Waals surface area contributed by atoms with Gasteiger partial charge in [-0.05, 0) is 43.2 Å². The lowest BCUT2D eigenvalue weighted by atomic mass is 9.97. The lowest BCUT2D eigenvalue weighted by Crippen LogP contribution is -2.41. The average Bonchev–Trinajstić information content (AvgIpc) is 3.05. The summed E-state index contributed by atoms with van der Waals surface area (Å²) in [6.45, 7) is -0.192. The molecule has 1 aliphatic carbocycles. The first-order valence-corrected chi connectivity index (χ1v) is 9.91. The number of nitrogens with zero attached hydrogens (tertiary/aromatic N) is 2. The second kappa shape index (κ2) is 7.15. The summed E-state index contributed by atoms with van der Waals surface area (Å²) in [6, 6.07) is 9.82. The number of aromatic nitrogens is 2. The Hall–Kier alpha value is -2.67. The molecule has 7 heteroatoms. The number of hydrogen-bond acceptors (Lipinski definition) is 4. The third-order valence-electron chi connectivity index (χ3n) is 5.08. The third-order valence-corrected chi connectivity index (χ3v) is 6.39. The van der Waals surface area contributed by atoms with Crippen molar-refractivity contribution in [3.63, 3.8) is 0 Å². The zero-order chi connectivity index (χ0) is 19.0. The zero-order valence-electron chi connectivity index (χ0n) is 14.8. The third kappa shape index (κ3) is 3.23. The number of aliphatic carboxylic acids is 1. The Morgan fingerprint density at radius 3 is 2.56 bits per heavy atom. The molecule has 6 nitrogen and oxygen atoms in total.